The Hall–Kier alpha value is -3.41. The second-order valence-corrected chi connectivity index (χ2v) is 6.63. The van der Waals surface area contributed by atoms with Gasteiger partial charge in [0, 0.05) is 22.7 Å². The van der Waals surface area contributed by atoms with Gasteiger partial charge in [-0.1, -0.05) is 30.3 Å². The van der Waals surface area contributed by atoms with E-state index >= 15 is 0 Å². The average Bonchev–Trinajstić information content (AvgIpc) is 2.65. The lowest BCUT2D eigenvalue weighted by molar-refractivity contribution is -0.123. The predicted octanol–water partition coefficient (Wildman–Crippen LogP) is 4.13. The van der Waals surface area contributed by atoms with Crippen molar-refractivity contribution in [2.24, 2.45) is 0 Å². The lowest BCUT2D eigenvalue weighted by Crippen LogP contribution is -2.34. The van der Waals surface area contributed by atoms with Gasteiger partial charge in [0.05, 0.1) is 0 Å². The number of amides is 2. The molecule has 28 heavy (non-hydrogen) atoms. The normalized spacial score (nSPS) is 10.7. The third-order valence-corrected chi connectivity index (χ3v) is 4.02. The molecule has 5 nitrogen and oxygen atoms in total. The smallest absolute Gasteiger partial charge is 0.258 e. The van der Waals surface area contributed by atoms with Crippen LogP contribution in [0.3, 0.4) is 0 Å². The molecule has 0 heterocycles. The van der Waals surface area contributed by atoms with E-state index in [1.54, 1.807) is 24.3 Å². The number of anilines is 1. The van der Waals surface area contributed by atoms with Crippen molar-refractivity contribution in [3.05, 3.63) is 72.0 Å². The summed E-state index contributed by atoms with van der Waals surface area (Å²) in [5.74, 6) is -0.485. The van der Waals surface area contributed by atoms with E-state index < -0.39 is 5.82 Å². The number of halogens is 1. The molecule has 0 aromatic heterocycles. The molecule has 0 fully saturated rings. The van der Waals surface area contributed by atoms with Crippen LogP contribution in [0, 0.1) is 5.82 Å². The van der Waals surface area contributed by atoms with Crippen molar-refractivity contribution >= 4 is 28.3 Å². The van der Waals surface area contributed by atoms with Gasteiger partial charge in [0.15, 0.2) is 6.61 Å². The molecule has 0 unspecified atom stereocenters. The minimum atomic E-state index is -0.425. The molecule has 3 aromatic carbocycles. The van der Waals surface area contributed by atoms with Crippen molar-refractivity contribution < 1.29 is 18.7 Å². The van der Waals surface area contributed by atoms with Gasteiger partial charge in [-0.3, -0.25) is 9.59 Å². The first-order valence-electron chi connectivity index (χ1n) is 8.95. The number of hydrogen-bond acceptors (Lipinski definition) is 3. The standard InChI is InChI=1S/C22H21FN2O3/c1-14(2)24-21(26)13-28-20-11-10-19(17-8-3-4-9-18(17)20)22(27)25-16-7-5-6-15(23)12-16/h3-12,14H,13H2,1-2H3,(H,24,26)(H,25,27). The van der Waals surface area contributed by atoms with Crippen LogP contribution in [0.1, 0.15) is 24.2 Å². The Labute approximate surface area is 162 Å². The fourth-order valence-corrected chi connectivity index (χ4v) is 2.87. The number of carbonyl (C=O) groups is 2. The van der Waals surface area contributed by atoms with Crippen LogP contribution in [-0.2, 0) is 4.79 Å². The molecule has 0 aliphatic heterocycles. The number of carbonyl (C=O) groups excluding carboxylic acids is 2. The highest BCUT2D eigenvalue weighted by Gasteiger charge is 2.14. The van der Waals surface area contributed by atoms with E-state index in [-0.39, 0.29) is 24.5 Å². The largest absolute Gasteiger partial charge is 0.483 e. The van der Waals surface area contributed by atoms with Gasteiger partial charge in [0.1, 0.15) is 11.6 Å². The summed E-state index contributed by atoms with van der Waals surface area (Å²) in [5, 5.41) is 6.86. The zero-order valence-corrected chi connectivity index (χ0v) is 15.7. The van der Waals surface area contributed by atoms with E-state index in [2.05, 4.69) is 10.6 Å². The molecular weight excluding hydrogens is 359 g/mol. The van der Waals surface area contributed by atoms with Crippen molar-refractivity contribution in [3.8, 4) is 5.75 Å². The monoisotopic (exact) mass is 380 g/mol. The second-order valence-electron chi connectivity index (χ2n) is 6.63. The van der Waals surface area contributed by atoms with Crippen molar-refractivity contribution in [2.75, 3.05) is 11.9 Å². The van der Waals surface area contributed by atoms with Crippen LogP contribution in [0.25, 0.3) is 10.8 Å². The number of rotatable bonds is 6. The van der Waals surface area contributed by atoms with Gasteiger partial charge in [-0.15, -0.1) is 0 Å². The molecule has 3 rings (SSSR count). The SMILES string of the molecule is CC(C)NC(=O)COc1ccc(C(=O)Nc2cccc(F)c2)c2ccccc12. The quantitative estimate of drug-likeness (QED) is 0.676. The Bertz CT molecular complexity index is 1020. The first-order chi connectivity index (χ1) is 13.4. The molecule has 0 radical (unpaired) electrons. The third-order valence-electron chi connectivity index (χ3n) is 4.02. The molecule has 0 saturated carbocycles. The fraction of sp³-hybridized carbons (Fsp3) is 0.182. The van der Waals surface area contributed by atoms with E-state index in [1.807, 2.05) is 32.0 Å². The molecule has 6 heteroatoms. The molecule has 0 saturated heterocycles. The van der Waals surface area contributed by atoms with Gasteiger partial charge in [-0.05, 0) is 49.6 Å². The number of ether oxygens (including phenoxy) is 1. The summed E-state index contributed by atoms with van der Waals surface area (Å²) in [6.45, 7) is 3.63. The van der Waals surface area contributed by atoms with Gasteiger partial charge < -0.3 is 15.4 Å². The highest BCUT2D eigenvalue weighted by atomic mass is 19.1. The Morgan fingerprint density at radius 2 is 1.75 bits per heavy atom. The number of benzene rings is 3. The van der Waals surface area contributed by atoms with E-state index in [1.165, 1.54) is 18.2 Å². The molecule has 2 N–H and O–H groups in total. The average molecular weight is 380 g/mol. The van der Waals surface area contributed by atoms with Crippen LogP contribution in [0.4, 0.5) is 10.1 Å². The molecule has 0 bridgehead atoms. The van der Waals surface area contributed by atoms with Crippen LogP contribution < -0.4 is 15.4 Å². The minimum absolute atomic E-state index is 0.0294. The van der Waals surface area contributed by atoms with Crippen LogP contribution >= 0.6 is 0 Å². The summed E-state index contributed by atoms with van der Waals surface area (Å²) in [4.78, 5) is 24.5. The Morgan fingerprint density at radius 3 is 2.46 bits per heavy atom. The van der Waals surface area contributed by atoms with Crippen molar-refractivity contribution in [2.45, 2.75) is 19.9 Å². The summed E-state index contributed by atoms with van der Waals surface area (Å²) in [7, 11) is 0. The molecule has 0 spiro atoms. The Kier molecular flexibility index (Phi) is 5.89. The highest BCUT2D eigenvalue weighted by molar-refractivity contribution is 6.14. The van der Waals surface area contributed by atoms with Crippen molar-refractivity contribution in [1.29, 1.82) is 0 Å². The third kappa shape index (κ3) is 4.65. The zero-order valence-electron chi connectivity index (χ0n) is 15.7. The molecule has 2 amide bonds. The maximum atomic E-state index is 13.4. The first-order valence-corrected chi connectivity index (χ1v) is 8.95. The van der Waals surface area contributed by atoms with E-state index in [4.69, 9.17) is 4.74 Å². The number of fused-ring (bicyclic) bond motifs is 1. The summed E-state index contributed by atoms with van der Waals surface area (Å²) >= 11 is 0. The van der Waals surface area contributed by atoms with Crippen LogP contribution in [0.5, 0.6) is 5.75 Å². The Balaban J connectivity index is 1.85. The number of hydrogen-bond donors (Lipinski definition) is 2. The van der Waals surface area contributed by atoms with Gasteiger partial charge >= 0.3 is 0 Å². The van der Waals surface area contributed by atoms with Gasteiger partial charge in [0.2, 0.25) is 0 Å². The van der Waals surface area contributed by atoms with E-state index in [9.17, 15) is 14.0 Å². The van der Waals surface area contributed by atoms with Crippen LogP contribution in [-0.4, -0.2) is 24.5 Å². The zero-order chi connectivity index (χ0) is 20.1. The minimum Gasteiger partial charge on any atom is -0.483 e. The molecule has 0 atom stereocenters. The van der Waals surface area contributed by atoms with Gasteiger partial charge in [-0.2, -0.15) is 0 Å². The Morgan fingerprint density at radius 1 is 1.00 bits per heavy atom. The summed E-state index contributed by atoms with van der Waals surface area (Å²) in [6.07, 6.45) is 0. The van der Waals surface area contributed by atoms with Gasteiger partial charge in [-0.25, -0.2) is 4.39 Å². The first kappa shape index (κ1) is 19.4. The van der Waals surface area contributed by atoms with Gasteiger partial charge in [0.25, 0.3) is 11.8 Å². The second kappa shape index (κ2) is 8.52. The summed E-state index contributed by atoms with van der Waals surface area (Å²) in [6, 6.07) is 16.3. The van der Waals surface area contributed by atoms with Crippen LogP contribution in [0.15, 0.2) is 60.7 Å². The lowest BCUT2D eigenvalue weighted by Gasteiger charge is -2.14. The molecule has 3 aromatic rings. The number of nitrogens with one attached hydrogen (secondary N) is 2. The molecule has 144 valence electrons. The summed E-state index contributed by atoms with van der Waals surface area (Å²) < 4.78 is 19.0. The maximum Gasteiger partial charge on any atom is 0.258 e. The van der Waals surface area contributed by atoms with Crippen molar-refractivity contribution in [3.63, 3.8) is 0 Å². The van der Waals surface area contributed by atoms with Crippen molar-refractivity contribution in [1.82, 2.24) is 5.32 Å². The molecule has 0 aliphatic carbocycles. The van der Waals surface area contributed by atoms with E-state index in [0.717, 1.165) is 0 Å². The molecular formula is C22H21FN2O3. The molecule has 0 aliphatic rings. The predicted molar refractivity (Wildman–Crippen MR) is 107 cm³/mol. The highest BCUT2D eigenvalue weighted by Crippen LogP contribution is 2.29. The van der Waals surface area contributed by atoms with E-state index in [0.29, 0.717) is 27.8 Å². The maximum absolute atomic E-state index is 13.4. The topological polar surface area (TPSA) is 67.4 Å². The lowest BCUT2D eigenvalue weighted by atomic mass is 10.0. The summed E-state index contributed by atoms with van der Waals surface area (Å²) in [5.41, 5.74) is 0.804. The van der Waals surface area contributed by atoms with Crippen LogP contribution in [0.2, 0.25) is 0 Å². The fourth-order valence-electron chi connectivity index (χ4n) is 2.87.